The molecule has 0 aliphatic rings. The van der Waals surface area contributed by atoms with Crippen LogP contribution in [-0.4, -0.2) is 26.4 Å². The molecule has 0 amide bonds. The zero-order chi connectivity index (χ0) is 15.2. The molecule has 1 aromatic carbocycles. The van der Waals surface area contributed by atoms with Crippen LogP contribution in [0.3, 0.4) is 0 Å². The minimum atomic E-state index is 0.0426. The molecule has 1 rings (SSSR count). The van der Waals surface area contributed by atoms with E-state index in [9.17, 15) is 0 Å². The van der Waals surface area contributed by atoms with E-state index in [1.807, 2.05) is 19.1 Å². The highest BCUT2D eigenvalue weighted by Crippen LogP contribution is 2.36. The van der Waals surface area contributed by atoms with E-state index < -0.39 is 0 Å². The van der Waals surface area contributed by atoms with Gasteiger partial charge in [-0.05, 0) is 24.9 Å². The number of benzene rings is 1. The minimum absolute atomic E-state index is 0.0426. The van der Waals surface area contributed by atoms with Crippen molar-refractivity contribution in [1.82, 2.24) is 5.32 Å². The Morgan fingerprint density at radius 3 is 2.30 bits per heavy atom. The Morgan fingerprint density at radius 1 is 1.15 bits per heavy atom. The lowest BCUT2D eigenvalue weighted by Crippen LogP contribution is -2.41. The molecule has 1 N–H and O–H groups in total. The smallest absolute Gasteiger partial charge is 0.124 e. The zero-order valence-corrected chi connectivity index (χ0v) is 13.7. The van der Waals surface area contributed by atoms with Gasteiger partial charge in [0.25, 0.3) is 0 Å². The average Bonchev–Trinajstić information content (AvgIpc) is 2.38. The van der Waals surface area contributed by atoms with E-state index in [0.29, 0.717) is 6.61 Å². The average molecular weight is 279 g/mol. The van der Waals surface area contributed by atoms with Crippen molar-refractivity contribution in [3.63, 3.8) is 0 Å². The Hall–Kier alpha value is -1.06. The molecule has 2 unspecified atom stereocenters. The Kier molecular flexibility index (Phi) is 6.50. The first-order chi connectivity index (χ1) is 9.45. The van der Waals surface area contributed by atoms with Crippen LogP contribution in [0.5, 0.6) is 5.75 Å². The van der Waals surface area contributed by atoms with E-state index in [1.54, 1.807) is 7.11 Å². The maximum absolute atomic E-state index is 5.80. The van der Waals surface area contributed by atoms with Crippen molar-refractivity contribution in [2.75, 3.05) is 20.3 Å². The number of hydrogen-bond donors (Lipinski definition) is 1. The Labute approximate surface area is 123 Å². The van der Waals surface area contributed by atoms with Gasteiger partial charge in [0.2, 0.25) is 0 Å². The first-order valence-corrected chi connectivity index (χ1v) is 7.43. The fraction of sp³-hybridized carbons (Fsp3) is 0.647. The molecule has 1 aromatic rings. The van der Waals surface area contributed by atoms with Gasteiger partial charge >= 0.3 is 0 Å². The van der Waals surface area contributed by atoms with Crippen LogP contribution in [-0.2, 0) is 4.74 Å². The number of para-hydroxylation sites is 1. The molecule has 0 aromatic heterocycles. The van der Waals surface area contributed by atoms with Gasteiger partial charge in [0.1, 0.15) is 5.75 Å². The summed E-state index contributed by atoms with van der Waals surface area (Å²) in [5.74, 6) is 0.937. The lowest BCUT2D eigenvalue weighted by Gasteiger charge is -2.37. The van der Waals surface area contributed by atoms with Crippen molar-refractivity contribution in [3.05, 3.63) is 29.8 Å². The predicted octanol–water partition coefficient (Wildman–Crippen LogP) is 3.80. The third-order valence-electron chi connectivity index (χ3n) is 3.39. The lowest BCUT2D eigenvalue weighted by molar-refractivity contribution is -0.0121. The van der Waals surface area contributed by atoms with Crippen molar-refractivity contribution < 1.29 is 9.47 Å². The Balaban J connectivity index is 3.19. The number of methoxy groups -OCH3 is 1. The van der Waals surface area contributed by atoms with E-state index in [0.717, 1.165) is 17.9 Å². The van der Waals surface area contributed by atoms with E-state index in [-0.39, 0.29) is 17.6 Å². The summed E-state index contributed by atoms with van der Waals surface area (Å²) in [5.41, 5.74) is 1.21. The lowest BCUT2D eigenvalue weighted by atomic mass is 9.81. The molecule has 0 bridgehead atoms. The molecule has 2 atom stereocenters. The molecule has 0 aliphatic carbocycles. The summed E-state index contributed by atoms with van der Waals surface area (Å²) in [4.78, 5) is 0. The van der Waals surface area contributed by atoms with Gasteiger partial charge in [0, 0.05) is 12.7 Å². The van der Waals surface area contributed by atoms with Crippen LogP contribution in [0.1, 0.15) is 46.2 Å². The summed E-state index contributed by atoms with van der Waals surface area (Å²) < 4.78 is 11.6. The van der Waals surface area contributed by atoms with E-state index >= 15 is 0 Å². The quantitative estimate of drug-likeness (QED) is 0.823. The van der Waals surface area contributed by atoms with Crippen LogP contribution in [0.15, 0.2) is 24.3 Å². The number of nitrogens with one attached hydrogen (secondary N) is 1. The number of hydrogen-bond acceptors (Lipinski definition) is 3. The number of rotatable bonds is 7. The highest BCUT2D eigenvalue weighted by Gasteiger charge is 2.34. The Bertz CT molecular complexity index is 398. The van der Waals surface area contributed by atoms with Crippen LogP contribution in [0.2, 0.25) is 0 Å². The standard InChI is InChI=1S/C17H29NO2/c1-7-18-15(16(19-6)17(3,4)5)13-11-9-10-12-14(13)20-8-2/h9-12,15-16,18H,7-8H2,1-6H3. The van der Waals surface area contributed by atoms with Crippen molar-refractivity contribution >= 4 is 0 Å². The van der Waals surface area contributed by atoms with Crippen LogP contribution in [0.25, 0.3) is 0 Å². The third-order valence-corrected chi connectivity index (χ3v) is 3.39. The van der Waals surface area contributed by atoms with Crippen LogP contribution < -0.4 is 10.1 Å². The molecular weight excluding hydrogens is 250 g/mol. The molecular formula is C17H29NO2. The molecule has 20 heavy (non-hydrogen) atoms. The molecule has 0 saturated carbocycles. The second-order valence-electron chi connectivity index (χ2n) is 6.03. The predicted molar refractivity (Wildman–Crippen MR) is 84.3 cm³/mol. The Morgan fingerprint density at radius 2 is 1.80 bits per heavy atom. The largest absolute Gasteiger partial charge is 0.494 e. The highest BCUT2D eigenvalue weighted by molar-refractivity contribution is 5.37. The summed E-state index contributed by atoms with van der Waals surface area (Å²) in [6, 6.07) is 8.33. The molecule has 0 heterocycles. The van der Waals surface area contributed by atoms with E-state index in [1.165, 1.54) is 0 Å². The van der Waals surface area contributed by atoms with Gasteiger partial charge in [0.05, 0.1) is 18.8 Å². The summed E-state index contributed by atoms with van der Waals surface area (Å²) in [5, 5.41) is 3.55. The topological polar surface area (TPSA) is 30.5 Å². The van der Waals surface area contributed by atoms with Crippen molar-refractivity contribution in [1.29, 1.82) is 0 Å². The first kappa shape index (κ1) is 17.0. The molecule has 0 saturated heterocycles. The fourth-order valence-corrected chi connectivity index (χ4v) is 2.61. The molecule has 0 fully saturated rings. The zero-order valence-electron chi connectivity index (χ0n) is 13.7. The number of ether oxygens (including phenoxy) is 2. The molecule has 3 heteroatoms. The molecule has 0 aliphatic heterocycles. The van der Waals surface area contributed by atoms with Gasteiger partial charge in [-0.2, -0.15) is 0 Å². The van der Waals surface area contributed by atoms with Crippen LogP contribution in [0.4, 0.5) is 0 Å². The maximum Gasteiger partial charge on any atom is 0.124 e. The van der Waals surface area contributed by atoms with Gasteiger partial charge in [-0.3, -0.25) is 0 Å². The SMILES string of the molecule is CCNC(c1ccccc1OCC)C(OC)C(C)(C)C. The summed E-state index contributed by atoms with van der Waals surface area (Å²) >= 11 is 0. The fourth-order valence-electron chi connectivity index (χ4n) is 2.61. The van der Waals surface area contributed by atoms with Gasteiger partial charge in [-0.15, -0.1) is 0 Å². The maximum atomic E-state index is 5.80. The van der Waals surface area contributed by atoms with Crippen LogP contribution in [0, 0.1) is 5.41 Å². The summed E-state index contributed by atoms with van der Waals surface area (Å²) in [6.07, 6.45) is 0.0732. The second kappa shape index (κ2) is 7.65. The van der Waals surface area contributed by atoms with Crippen LogP contribution >= 0.6 is 0 Å². The molecule has 0 spiro atoms. The first-order valence-electron chi connectivity index (χ1n) is 7.43. The minimum Gasteiger partial charge on any atom is -0.494 e. The molecule has 114 valence electrons. The molecule has 0 radical (unpaired) electrons. The molecule has 3 nitrogen and oxygen atoms in total. The van der Waals surface area contributed by atoms with E-state index in [2.05, 4.69) is 45.1 Å². The van der Waals surface area contributed by atoms with Gasteiger partial charge in [0.15, 0.2) is 0 Å². The highest BCUT2D eigenvalue weighted by atomic mass is 16.5. The summed E-state index contributed by atoms with van der Waals surface area (Å²) in [6.45, 7) is 12.3. The van der Waals surface area contributed by atoms with Crippen molar-refractivity contribution in [3.8, 4) is 5.75 Å². The van der Waals surface area contributed by atoms with Gasteiger partial charge in [-0.1, -0.05) is 45.9 Å². The van der Waals surface area contributed by atoms with Gasteiger partial charge in [-0.25, -0.2) is 0 Å². The number of likely N-dealkylation sites (N-methyl/N-ethyl adjacent to an activating group) is 1. The van der Waals surface area contributed by atoms with Crippen molar-refractivity contribution in [2.45, 2.75) is 46.8 Å². The monoisotopic (exact) mass is 279 g/mol. The van der Waals surface area contributed by atoms with Crippen molar-refractivity contribution in [2.24, 2.45) is 5.41 Å². The van der Waals surface area contributed by atoms with Gasteiger partial charge < -0.3 is 14.8 Å². The van der Waals surface area contributed by atoms with E-state index in [4.69, 9.17) is 9.47 Å². The summed E-state index contributed by atoms with van der Waals surface area (Å²) in [7, 11) is 1.78. The second-order valence-corrected chi connectivity index (χ2v) is 6.03. The third kappa shape index (κ3) is 4.22. The normalized spacial score (nSPS) is 14.9.